The molecule has 0 bridgehead atoms. The largest absolute Gasteiger partial charge is 0.252 e. The van der Waals surface area contributed by atoms with Gasteiger partial charge >= 0.3 is 0 Å². The zero-order valence-corrected chi connectivity index (χ0v) is 5.68. The van der Waals surface area contributed by atoms with E-state index in [2.05, 4.69) is 21.3 Å². The molecule has 0 saturated heterocycles. The summed E-state index contributed by atoms with van der Waals surface area (Å²) in [7, 11) is 0. The third-order valence-corrected chi connectivity index (χ3v) is 1.28. The van der Waals surface area contributed by atoms with Crippen molar-refractivity contribution in [3.8, 4) is 5.69 Å². The van der Waals surface area contributed by atoms with Gasteiger partial charge in [0, 0.05) is 0 Å². The Morgan fingerprint density at radius 3 is 3.09 bits per heavy atom. The van der Waals surface area contributed by atoms with Crippen LogP contribution in [0.1, 0.15) is 0 Å². The molecular formula is C7H5N4. The van der Waals surface area contributed by atoms with Gasteiger partial charge in [-0.25, -0.2) is 9.67 Å². The van der Waals surface area contributed by atoms with E-state index < -0.39 is 0 Å². The molecule has 0 amide bonds. The van der Waals surface area contributed by atoms with Gasteiger partial charge in [-0.1, -0.05) is 0 Å². The van der Waals surface area contributed by atoms with Gasteiger partial charge in [0.05, 0.1) is 18.1 Å². The Morgan fingerprint density at radius 1 is 1.45 bits per heavy atom. The van der Waals surface area contributed by atoms with E-state index >= 15 is 0 Å². The first-order valence-corrected chi connectivity index (χ1v) is 3.14. The normalized spacial score (nSPS) is 9.82. The highest BCUT2D eigenvalue weighted by Gasteiger charge is 1.92. The molecule has 2 aromatic rings. The van der Waals surface area contributed by atoms with E-state index in [0.717, 1.165) is 5.69 Å². The quantitative estimate of drug-likeness (QED) is 0.585. The molecule has 0 spiro atoms. The molecule has 4 heteroatoms. The fraction of sp³-hybridized carbons (Fsp3) is 0. The molecule has 1 radical (unpaired) electrons. The van der Waals surface area contributed by atoms with E-state index in [1.165, 1.54) is 6.33 Å². The summed E-state index contributed by atoms with van der Waals surface area (Å²) < 4.78 is 1.64. The molecule has 2 aromatic heterocycles. The number of aromatic nitrogens is 4. The van der Waals surface area contributed by atoms with Crippen LogP contribution in [-0.2, 0) is 0 Å². The van der Waals surface area contributed by atoms with Crippen molar-refractivity contribution < 1.29 is 0 Å². The average Bonchev–Trinajstić information content (AvgIpc) is 2.58. The van der Waals surface area contributed by atoms with Crippen LogP contribution in [0, 0.1) is 6.20 Å². The van der Waals surface area contributed by atoms with Crippen LogP contribution in [0.2, 0.25) is 0 Å². The third-order valence-electron chi connectivity index (χ3n) is 1.28. The highest BCUT2D eigenvalue weighted by molar-refractivity contribution is 5.24. The summed E-state index contributed by atoms with van der Waals surface area (Å²) in [5.41, 5.74) is 0.890. The van der Waals surface area contributed by atoms with Crippen molar-refractivity contribution in [1.82, 2.24) is 19.7 Å². The van der Waals surface area contributed by atoms with Gasteiger partial charge in [0.15, 0.2) is 0 Å². The summed E-state index contributed by atoms with van der Waals surface area (Å²) in [6.07, 6.45) is 7.46. The summed E-state index contributed by atoms with van der Waals surface area (Å²) in [6, 6.07) is 3.60. The van der Waals surface area contributed by atoms with E-state index in [9.17, 15) is 0 Å². The van der Waals surface area contributed by atoms with Gasteiger partial charge < -0.3 is 0 Å². The fourth-order valence-electron chi connectivity index (χ4n) is 0.789. The predicted molar refractivity (Wildman–Crippen MR) is 38.0 cm³/mol. The van der Waals surface area contributed by atoms with E-state index in [-0.39, 0.29) is 0 Å². The zero-order chi connectivity index (χ0) is 7.52. The Balaban J connectivity index is 2.46. The Kier molecular flexibility index (Phi) is 1.37. The second kappa shape index (κ2) is 2.49. The first-order chi connectivity index (χ1) is 5.47. The van der Waals surface area contributed by atoms with Crippen LogP contribution >= 0.6 is 0 Å². The standard InChI is InChI=1S/C7H5N4/c1-2-7(4-8-3-1)11-6-9-5-10-11/h1-2,4-6H. The summed E-state index contributed by atoms with van der Waals surface area (Å²) >= 11 is 0. The van der Waals surface area contributed by atoms with Crippen LogP contribution < -0.4 is 0 Å². The average molecular weight is 145 g/mol. The number of hydrogen-bond donors (Lipinski definition) is 0. The monoisotopic (exact) mass is 145 g/mol. The molecule has 0 saturated carbocycles. The maximum absolute atomic E-state index is 3.94. The van der Waals surface area contributed by atoms with Crippen LogP contribution in [0.15, 0.2) is 31.0 Å². The highest BCUT2D eigenvalue weighted by atomic mass is 15.3. The minimum Gasteiger partial charge on any atom is -0.252 e. The molecule has 11 heavy (non-hydrogen) atoms. The van der Waals surface area contributed by atoms with Gasteiger partial charge in [0.25, 0.3) is 0 Å². The van der Waals surface area contributed by atoms with E-state index in [0.29, 0.717) is 0 Å². The smallest absolute Gasteiger partial charge is 0.138 e. The first kappa shape index (κ1) is 6.03. The second-order valence-corrected chi connectivity index (χ2v) is 1.99. The molecule has 0 aromatic carbocycles. The highest BCUT2D eigenvalue weighted by Crippen LogP contribution is 1.99. The third kappa shape index (κ3) is 1.10. The lowest BCUT2D eigenvalue weighted by Gasteiger charge is -1.95. The van der Waals surface area contributed by atoms with E-state index in [1.807, 2.05) is 6.07 Å². The van der Waals surface area contributed by atoms with Crippen molar-refractivity contribution in [2.45, 2.75) is 0 Å². The Hall–Kier alpha value is -1.71. The molecule has 0 aliphatic rings. The van der Waals surface area contributed by atoms with Gasteiger partial charge in [-0.15, -0.1) is 0 Å². The first-order valence-electron chi connectivity index (χ1n) is 3.14. The lowest BCUT2D eigenvalue weighted by Crippen LogP contribution is -1.93. The minimum absolute atomic E-state index is 0.890. The van der Waals surface area contributed by atoms with Crippen molar-refractivity contribution in [2.24, 2.45) is 0 Å². The van der Waals surface area contributed by atoms with Crippen LogP contribution in [0.25, 0.3) is 5.69 Å². The second-order valence-electron chi connectivity index (χ2n) is 1.99. The van der Waals surface area contributed by atoms with Crippen molar-refractivity contribution >= 4 is 0 Å². The summed E-state index contributed by atoms with van der Waals surface area (Å²) in [5, 5.41) is 3.94. The van der Waals surface area contributed by atoms with Gasteiger partial charge in [-0.3, -0.25) is 4.98 Å². The van der Waals surface area contributed by atoms with Gasteiger partial charge in [0.2, 0.25) is 0 Å². The Morgan fingerprint density at radius 2 is 2.45 bits per heavy atom. The molecule has 2 rings (SSSR count). The van der Waals surface area contributed by atoms with Crippen LogP contribution in [0.4, 0.5) is 0 Å². The number of pyridine rings is 1. The van der Waals surface area contributed by atoms with Gasteiger partial charge in [-0.2, -0.15) is 5.10 Å². The molecular weight excluding hydrogens is 140 g/mol. The van der Waals surface area contributed by atoms with Crippen molar-refractivity contribution in [2.75, 3.05) is 0 Å². The Labute approximate surface area is 63.5 Å². The van der Waals surface area contributed by atoms with Crippen molar-refractivity contribution in [3.05, 3.63) is 37.2 Å². The molecule has 0 aliphatic heterocycles. The number of rotatable bonds is 1. The molecule has 2 heterocycles. The lowest BCUT2D eigenvalue weighted by molar-refractivity contribution is 0.872. The molecule has 4 nitrogen and oxygen atoms in total. The number of nitrogens with zero attached hydrogens (tertiary/aromatic N) is 4. The molecule has 0 unspecified atom stereocenters. The van der Waals surface area contributed by atoms with Gasteiger partial charge in [-0.05, 0) is 12.1 Å². The van der Waals surface area contributed by atoms with Crippen molar-refractivity contribution in [3.63, 3.8) is 0 Å². The summed E-state index contributed by atoms with van der Waals surface area (Å²) in [5.74, 6) is 0. The molecule has 0 fully saturated rings. The maximum atomic E-state index is 3.94. The molecule has 53 valence electrons. The van der Waals surface area contributed by atoms with Crippen molar-refractivity contribution in [1.29, 1.82) is 0 Å². The molecule has 0 aliphatic carbocycles. The topological polar surface area (TPSA) is 43.6 Å². The maximum Gasteiger partial charge on any atom is 0.138 e. The van der Waals surface area contributed by atoms with Crippen LogP contribution in [-0.4, -0.2) is 19.7 Å². The summed E-state index contributed by atoms with van der Waals surface area (Å²) in [4.78, 5) is 7.64. The number of hydrogen-bond acceptors (Lipinski definition) is 3. The van der Waals surface area contributed by atoms with Crippen LogP contribution in [0.5, 0.6) is 0 Å². The van der Waals surface area contributed by atoms with Gasteiger partial charge in [0.1, 0.15) is 12.7 Å². The molecule has 0 atom stereocenters. The Bertz CT molecular complexity index is 313. The predicted octanol–water partition coefficient (Wildman–Crippen LogP) is 0.462. The lowest BCUT2D eigenvalue weighted by atomic mass is 10.4. The zero-order valence-electron chi connectivity index (χ0n) is 5.68. The fourth-order valence-corrected chi connectivity index (χ4v) is 0.789. The van der Waals surface area contributed by atoms with Crippen LogP contribution in [0.3, 0.4) is 0 Å². The SMILES string of the molecule is [c]1ccc(-n2cncn2)cn1. The molecule has 0 N–H and O–H groups in total. The summed E-state index contributed by atoms with van der Waals surface area (Å²) in [6.45, 7) is 0. The van der Waals surface area contributed by atoms with E-state index in [4.69, 9.17) is 0 Å². The minimum atomic E-state index is 0.890. The van der Waals surface area contributed by atoms with E-state index in [1.54, 1.807) is 23.3 Å².